The van der Waals surface area contributed by atoms with E-state index in [0.717, 1.165) is 111 Å². The number of likely N-dealkylation sites (N-methyl/N-ethyl adjacent to an activating group) is 1. The first-order chi connectivity index (χ1) is 24.8. The summed E-state index contributed by atoms with van der Waals surface area (Å²) in [5.74, 6) is 1.80. The molecule has 0 saturated carbocycles. The summed E-state index contributed by atoms with van der Waals surface area (Å²) >= 11 is 0. The van der Waals surface area contributed by atoms with E-state index in [0.29, 0.717) is 32.1 Å². The lowest BCUT2D eigenvalue weighted by molar-refractivity contribution is 0.0714. The predicted molar refractivity (Wildman–Crippen MR) is 199 cm³/mol. The molecule has 5 aliphatic rings. The second-order valence-corrected chi connectivity index (χ2v) is 15.6. The van der Waals surface area contributed by atoms with Crippen molar-refractivity contribution in [1.82, 2.24) is 34.6 Å². The van der Waals surface area contributed by atoms with Crippen LogP contribution in [-0.4, -0.2) is 87.4 Å². The fourth-order valence-electron chi connectivity index (χ4n) is 9.90. The number of ether oxygens (including phenoxy) is 1. The number of para-hydroxylation sites is 2. The van der Waals surface area contributed by atoms with Gasteiger partial charge in [-0.05, 0) is 81.5 Å². The summed E-state index contributed by atoms with van der Waals surface area (Å²) in [4.78, 5) is 22.6. The van der Waals surface area contributed by atoms with Gasteiger partial charge in [-0.3, -0.25) is 9.80 Å². The number of aromatic nitrogens is 4. The van der Waals surface area contributed by atoms with Gasteiger partial charge in [0.25, 0.3) is 0 Å². The van der Waals surface area contributed by atoms with Gasteiger partial charge >= 0.3 is 6.01 Å². The molecular weight excluding hydrogens is 640 g/mol. The molecule has 51 heavy (non-hydrogen) atoms. The van der Waals surface area contributed by atoms with Crippen LogP contribution >= 0.6 is 0 Å². The van der Waals surface area contributed by atoms with Gasteiger partial charge < -0.3 is 19.5 Å². The van der Waals surface area contributed by atoms with Gasteiger partial charge in [-0.2, -0.15) is 9.97 Å². The lowest BCUT2D eigenvalue weighted by Gasteiger charge is -2.49. The van der Waals surface area contributed by atoms with Crippen LogP contribution in [0.3, 0.4) is 0 Å². The van der Waals surface area contributed by atoms with E-state index in [4.69, 9.17) is 19.7 Å². The summed E-state index contributed by atoms with van der Waals surface area (Å²) in [5, 5.41) is 3.68. The Morgan fingerprint density at radius 2 is 1.88 bits per heavy atom. The molecule has 0 unspecified atom stereocenters. The molecule has 0 bridgehead atoms. The van der Waals surface area contributed by atoms with E-state index in [2.05, 4.69) is 74.6 Å². The van der Waals surface area contributed by atoms with Crippen LogP contribution in [-0.2, 0) is 32.0 Å². The first-order valence-electron chi connectivity index (χ1n) is 18.8. The summed E-state index contributed by atoms with van der Waals surface area (Å²) in [6.07, 6.45) is 9.04. The number of rotatable bonds is 6. The van der Waals surface area contributed by atoms with Crippen LogP contribution in [0.4, 0.5) is 10.2 Å². The van der Waals surface area contributed by atoms with E-state index in [-0.39, 0.29) is 11.1 Å². The lowest BCUT2D eigenvalue weighted by Crippen LogP contribution is -2.51. The molecular formula is C41H49FN8O. The maximum absolute atomic E-state index is 14.7. The van der Waals surface area contributed by atoms with Crippen molar-refractivity contribution in [2.24, 2.45) is 7.05 Å². The van der Waals surface area contributed by atoms with Gasteiger partial charge in [0.15, 0.2) is 0 Å². The van der Waals surface area contributed by atoms with Crippen LogP contribution in [0.2, 0.25) is 0 Å². The van der Waals surface area contributed by atoms with Crippen LogP contribution in [0, 0.1) is 0 Å². The lowest BCUT2D eigenvalue weighted by atomic mass is 9.71. The van der Waals surface area contributed by atoms with E-state index >= 15 is 0 Å². The minimum atomic E-state index is -0.801. The first-order valence-corrected chi connectivity index (χ1v) is 18.8. The second-order valence-electron chi connectivity index (χ2n) is 15.6. The number of hydrogen-bond acceptors (Lipinski definition) is 8. The van der Waals surface area contributed by atoms with Gasteiger partial charge in [0.2, 0.25) is 0 Å². The number of fused-ring (bicyclic) bond motifs is 5. The number of allylic oxidation sites excluding steroid dienone is 2. The molecule has 3 atom stereocenters. The summed E-state index contributed by atoms with van der Waals surface area (Å²) in [5.41, 5.74) is 8.76. The highest BCUT2D eigenvalue weighted by atomic mass is 19.1. The number of alkyl halides is 1. The Balaban J connectivity index is 1.07. The van der Waals surface area contributed by atoms with Crippen molar-refractivity contribution in [3.05, 3.63) is 95.1 Å². The quantitative estimate of drug-likeness (QED) is 0.267. The number of benzene rings is 2. The zero-order chi connectivity index (χ0) is 34.7. The molecule has 2 aromatic heterocycles. The van der Waals surface area contributed by atoms with E-state index < -0.39 is 6.17 Å². The average Bonchev–Trinajstić information content (AvgIpc) is 3.71. The van der Waals surface area contributed by atoms with Crippen LogP contribution in [0.1, 0.15) is 66.7 Å². The Morgan fingerprint density at radius 3 is 2.78 bits per heavy atom. The SMILES string of the molecule is C=C(/C=C1/CN(c2nc(OC[C@@]34CCCN3C[C@H](F)C4)nc3c2CN(C)[C@@]2(CCCc4ccccc42)C3)CCCN1)c1nc2ccccc2n1C. The van der Waals surface area contributed by atoms with E-state index in [1.165, 1.54) is 16.7 Å². The molecule has 0 amide bonds. The molecule has 3 saturated heterocycles. The highest BCUT2D eigenvalue weighted by Gasteiger charge is 2.50. The van der Waals surface area contributed by atoms with Crippen LogP contribution in [0.5, 0.6) is 6.01 Å². The van der Waals surface area contributed by atoms with Crippen molar-refractivity contribution < 1.29 is 9.13 Å². The number of halogens is 1. The molecule has 9 rings (SSSR count). The third-order valence-electron chi connectivity index (χ3n) is 12.5. The Hall–Kier alpha value is -4.28. The molecule has 1 aliphatic carbocycles. The standard InChI is InChI=1S/C41H49FN8O/c1-28(37-44-34-14-6-7-15-36(34)48(37)3)21-31-25-49(19-10-18-43-31)38-32-26-47(2)41(17-8-12-29-11-4-5-13-33(29)41)23-35(32)45-39(46-38)51-27-40-16-9-20-50(40)24-30(42)22-40/h4-7,11,13-15,21,30,43H,1,8-10,12,16-20,22-27H2,2-3H3/b31-21-/t30-,40+,41+/m1/s1. The number of aryl methyl sites for hydroxylation is 2. The van der Waals surface area contributed by atoms with Gasteiger partial charge in [0.1, 0.15) is 24.4 Å². The molecule has 1 N–H and O–H groups in total. The van der Waals surface area contributed by atoms with Crippen molar-refractivity contribution in [2.75, 3.05) is 51.3 Å². The summed E-state index contributed by atoms with van der Waals surface area (Å²) in [6, 6.07) is 17.6. The topological polar surface area (TPSA) is 74.6 Å². The van der Waals surface area contributed by atoms with Gasteiger partial charge in [0, 0.05) is 62.9 Å². The number of anilines is 1. The molecule has 1 spiro atoms. The monoisotopic (exact) mass is 688 g/mol. The first kappa shape index (κ1) is 32.6. The molecule has 2 aromatic carbocycles. The number of nitrogens with zero attached hydrogens (tertiary/aromatic N) is 7. The van der Waals surface area contributed by atoms with E-state index in [9.17, 15) is 4.39 Å². The van der Waals surface area contributed by atoms with Crippen molar-refractivity contribution in [3.8, 4) is 6.01 Å². The zero-order valence-corrected chi connectivity index (χ0v) is 30.0. The Labute approximate surface area is 300 Å². The maximum Gasteiger partial charge on any atom is 0.318 e. The van der Waals surface area contributed by atoms with Gasteiger partial charge in [-0.1, -0.05) is 43.0 Å². The Kier molecular flexibility index (Phi) is 8.15. The van der Waals surface area contributed by atoms with Crippen molar-refractivity contribution in [2.45, 2.75) is 75.2 Å². The number of imidazole rings is 1. The molecule has 4 aromatic rings. The maximum atomic E-state index is 14.7. The van der Waals surface area contributed by atoms with Gasteiger partial charge in [-0.15, -0.1) is 0 Å². The predicted octanol–water partition coefficient (Wildman–Crippen LogP) is 5.94. The molecule has 9 nitrogen and oxygen atoms in total. The number of hydrogen-bond donors (Lipinski definition) is 1. The largest absolute Gasteiger partial charge is 0.461 e. The average molecular weight is 689 g/mol. The van der Waals surface area contributed by atoms with Crippen molar-refractivity contribution in [3.63, 3.8) is 0 Å². The number of nitrogens with one attached hydrogen (secondary N) is 1. The van der Waals surface area contributed by atoms with Gasteiger partial charge in [0.05, 0.1) is 34.3 Å². The Bertz CT molecular complexity index is 2020. The molecule has 3 fully saturated rings. The minimum Gasteiger partial charge on any atom is -0.461 e. The van der Waals surface area contributed by atoms with Crippen molar-refractivity contribution in [1.29, 1.82) is 0 Å². The normalized spacial score (nSPS) is 27.3. The van der Waals surface area contributed by atoms with E-state index in [1.54, 1.807) is 0 Å². The Morgan fingerprint density at radius 1 is 1.02 bits per heavy atom. The molecule has 266 valence electrons. The third kappa shape index (κ3) is 5.62. The molecule has 0 radical (unpaired) electrons. The highest BCUT2D eigenvalue weighted by Crippen LogP contribution is 2.47. The molecule has 4 aliphatic heterocycles. The van der Waals surface area contributed by atoms with E-state index in [1.807, 2.05) is 25.2 Å². The van der Waals surface area contributed by atoms with Crippen LogP contribution in [0.25, 0.3) is 16.6 Å². The smallest absolute Gasteiger partial charge is 0.318 e. The fourth-order valence-corrected chi connectivity index (χ4v) is 9.90. The molecule has 6 heterocycles. The van der Waals surface area contributed by atoms with Crippen LogP contribution < -0.4 is 15.0 Å². The highest BCUT2D eigenvalue weighted by molar-refractivity contribution is 5.81. The van der Waals surface area contributed by atoms with Crippen LogP contribution in [0.15, 0.2) is 66.9 Å². The summed E-state index contributed by atoms with van der Waals surface area (Å²) < 4.78 is 23.4. The third-order valence-corrected chi connectivity index (χ3v) is 12.5. The zero-order valence-electron chi connectivity index (χ0n) is 30.0. The minimum absolute atomic E-state index is 0.118. The van der Waals surface area contributed by atoms with Gasteiger partial charge in [-0.25, -0.2) is 9.37 Å². The van der Waals surface area contributed by atoms with Crippen molar-refractivity contribution >= 4 is 22.4 Å². The summed E-state index contributed by atoms with van der Waals surface area (Å²) in [6.45, 7) is 9.44. The molecule has 10 heteroatoms. The second kappa shape index (κ2) is 12.7. The fraction of sp³-hybridized carbons (Fsp3) is 0.488. The summed E-state index contributed by atoms with van der Waals surface area (Å²) in [7, 11) is 4.32.